The van der Waals surface area contributed by atoms with Crippen molar-refractivity contribution in [3.05, 3.63) is 47.4 Å². The number of nitrogens with one attached hydrogen (secondary N) is 2. The molecule has 0 spiro atoms. The molecule has 11 nitrogen and oxygen atoms in total. The normalized spacial score (nSPS) is 11.4. The van der Waals surface area contributed by atoms with Crippen LogP contribution < -0.4 is 4.72 Å². The van der Waals surface area contributed by atoms with Crippen molar-refractivity contribution in [1.29, 1.82) is 0 Å². The first-order chi connectivity index (χ1) is 14.2. The first-order valence-corrected chi connectivity index (χ1v) is 10.8. The summed E-state index contributed by atoms with van der Waals surface area (Å²) < 4.78 is 26.0. The van der Waals surface area contributed by atoms with E-state index in [1.54, 1.807) is 18.2 Å². The van der Waals surface area contributed by atoms with E-state index in [-0.39, 0.29) is 32.2 Å². The molecule has 0 aliphatic heterocycles. The third-order valence-corrected chi connectivity index (χ3v) is 6.26. The summed E-state index contributed by atoms with van der Waals surface area (Å²) in [5.74, 6) is -0.942. The number of aromatic amines is 1. The Bertz CT molecular complexity index is 1210. The Morgan fingerprint density at radius 3 is 2.40 bits per heavy atom. The molecule has 0 bridgehead atoms. The number of hydrogen-bond acceptors (Lipinski definition) is 7. The maximum absolute atomic E-state index is 11.9. The summed E-state index contributed by atoms with van der Waals surface area (Å²) in [6, 6.07) is 10.4. The number of H-pyrrole nitrogens is 1. The van der Waals surface area contributed by atoms with Crippen LogP contribution in [0.5, 0.6) is 0 Å². The molecule has 0 fully saturated rings. The van der Waals surface area contributed by atoms with Gasteiger partial charge < -0.3 is 10.1 Å². The van der Waals surface area contributed by atoms with E-state index in [2.05, 4.69) is 19.9 Å². The van der Waals surface area contributed by atoms with Gasteiger partial charge in [-0.3, -0.25) is 4.79 Å². The van der Waals surface area contributed by atoms with Crippen LogP contribution in [0, 0.1) is 4.91 Å². The van der Waals surface area contributed by atoms with Crippen molar-refractivity contribution >= 4 is 33.4 Å². The van der Waals surface area contributed by atoms with Crippen LogP contribution in [0.1, 0.15) is 0 Å². The summed E-state index contributed by atoms with van der Waals surface area (Å²) in [7, 11) is -2.29. The predicted octanol–water partition coefficient (Wildman–Crippen LogP) is 2.02. The van der Waals surface area contributed by atoms with Crippen molar-refractivity contribution < 1.29 is 28.4 Å². The molecule has 0 amide bonds. The van der Waals surface area contributed by atoms with Crippen molar-refractivity contribution in [3.8, 4) is 22.5 Å². The molecule has 0 atom stereocenters. The van der Waals surface area contributed by atoms with Gasteiger partial charge in [0.2, 0.25) is 10.0 Å². The molecule has 0 aliphatic rings. The molecule has 0 saturated heterocycles. The van der Waals surface area contributed by atoms with Gasteiger partial charge in [-0.15, -0.1) is 10.2 Å². The van der Waals surface area contributed by atoms with E-state index in [1.165, 1.54) is 31.3 Å². The summed E-state index contributed by atoms with van der Waals surface area (Å²) in [6.07, 6.45) is 0. The highest BCUT2D eigenvalue weighted by Gasteiger charge is 2.19. The van der Waals surface area contributed by atoms with Crippen molar-refractivity contribution in [2.75, 3.05) is 12.8 Å². The zero-order valence-electron chi connectivity index (χ0n) is 15.4. The number of nitrogens with zero attached hydrogens (tertiary/aromatic N) is 3. The van der Waals surface area contributed by atoms with E-state index in [0.717, 1.165) is 11.8 Å². The Morgan fingerprint density at radius 2 is 1.80 bits per heavy atom. The molecule has 0 aliphatic carbocycles. The fraction of sp³-hybridized carbons (Fsp3) is 0.118. The minimum absolute atomic E-state index is 0.0769. The van der Waals surface area contributed by atoms with Crippen molar-refractivity contribution in [2.24, 2.45) is 0 Å². The monoisotopic (exact) mass is 450 g/mol. The molecule has 13 heteroatoms. The SMILES string of the molecule is CNS(=O)(=O)c1ccc(-c2cc(-c3nnc(SCC(=O)O)[nH]3)cc([N+](=O)O)c2)cc1. The van der Waals surface area contributed by atoms with Crippen LogP contribution in [-0.2, 0) is 14.8 Å². The Labute approximate surface area is 174 Å². The first-order valence-electron chi connectivity index (χ1n) is 8.32. The number of hydrogen-bond donors (Lipinski definition) is 4. The van der Waals surface area contributed by atoms with Crippen molar-refractivity contribution in [3.63, 3.8) is 0 Å². The van der Waals surface area contributed by atoms with E-state index in [9.17, 15) is 23.3 Å². The molecule has 0 radical (unpaired) electrons. The highest BCUT2D eigenvalue weighted by molar-refractivity contribution is 7.99. The molecule has 0 unspecified atom stereocenters. The summed E-state index contributed by atoms with van der Waals surface area (Å²) >= 11 is 0.948. The maximum Gasteiger partial charge on any atom is 0.317 e. The second kappa shape index (κ2) is 8.61. The molecule has 0 saturated carbocycles. The minimum atomic E-state index is -3.59. The molecule has 4 N–H and O–H groups in total. The fourth-order valence-electron chi connectivity index (χ4n) is 2.54. The summed E-state index contributed by atoms with van der Waals surface area (Å²) in [5, 5.41) is 26.2. The summed E-state index contributed by atoms with van der Waals surface area (Å²) in [4.78, 5) is 24.8. The number of sulfonamides is 1. The van der Waals surface area contributed by atoms with Crippen molar-refractivity contribution in [2.45, 2.75) is 10.1 Å². The number of aromatic nitrogens is 3. The Kier molecular flexibility index (Phi) is 6.14. The quantitative estimate of drug-likeness (QED) is 0.297. The van der Waals surface area contributed by atoms with Gasteiger partial charge in [-0.1, -0.05) is 23.9 Å². The molecule has 156 valence electrons. The topological polar surface area (TPSA) is 165 Å². The average Bonchev–Trinajstić information content (AvgIpc) is 3.21. The number of rotatable bonds is 8. The van der Waals surface area contributed by atoms with Crippen LogP contribution in [0.3, 0.4) is 0 Å². The highest BCUT2D eigenvalue weighted by atomic mass is 32.2. The van der Waals surface area contributed by atoms with E-state index >= 15 is 0 Å². The predicted molar refractivity (Wildman–Crippen MR) is 107 cm³/mol. The third-order valence-electron chi connectivity index (χ3n) is 3.98. The van der Waals surface area contributed by atoms with Crippen molar-refractivity contribution in [1.82, 2.24) is 19.9 Å². The number of carbonyl (C=O) groups is 1. The van der Waals surface area contributed by atoms with Gasteiger partial charge in [-0.2, -0.15) is 0 Å². The van der Waals surface area contributed by atoms with Crippen LogP contribution in [-0.4, -0.2) is 57.6 Å². The molecule has 3 aromatic rings. The standard InChI is InChI=1S/C17H15N5O6S2/c1-18-30(27,28)14-4-2-10(3-5-14)11-6-12(8-13(7-11)22(25)26)16-19-17(21-20-16)29-9-15(23)24/h2-8,18H,9H2,1H3,(H2-,19,20,21,23,24,25,26)/p+1. The second-order valence-electron chi connectivity index (χ2n) is 5.93. The lowest BCUT2D eigenvalue weighted by molar-refractivity contribution is -0.729. The summed E-state index contributed by atoms with van der Waals surface area (Å²) in [5.41, 5.74) is 1.45. The van der Waals surface area contributed by atoms with Gasteiger partial charge in [0.1, 0.15) is 0 Å². The minimum Gasteiger partial charge on any atom is -0.481 e. The van der Waals surface area contributed by atoms with Gasteiger partial charge in [-0.25, -0.2) is 18.3 Å². The molecule has 1 aromatic heterocycles. The number of aliphatic carboxylic acids is 1. The highest BCUT2D eigenvalue weighted by Crippen LogP contribution is 2.31. The van der Waals surface area contributed by atoms with Crippen LogP contribution in [0.25, 0.3) is 22.5 Å². The zero-order valence-corrected chi connectivity index (χ0v) is 17.1. The molecule has 30 heavy (non-hydrogen) atoms. The molecule has 2 aromatic carbocycles. The fourth-order valence-corrected chi connectivity index (χ4v) is 3.80. The molecular formula is C17H16N5O6S2+. The Morgan fingerprint density at radius 1 is 1.13 bits per heavy atom. The maximum atomic E-state index is 11.9. The van der Waals surface area contributed by atoms with E-state index in [0.29, 0.717) is 16.7 Å². The van der Waals surface area contributed by atoms with Crippen LogP contribution in [0.2, 0.25) is 0 Å². The Hall–Kier alpha value is -3.29. The third kappa shape index (κ3) is 4.82. The largest absolute Gasteiger partial charge is 0.481 e. The van der Waals surface area contributed by atoms with Gasteiger partial charge in [0, 0.05) is 17.7 Å². The number of carboxylic acid groups (broad SMARTS) is 1. The van der Waals surface area contributed by atoms with Crippen LogP contribution in [0.15, 0.2) is 52.5 Å². The van der Waals surface area contributed by atoms with Gasteiger partial charge in [0.25, 0.3) is 4.92 Å². The second-order valence-corrected chi connectivity index (χ2v) is 8.79. The van der Waals surface area contributed by atoms with E-state index in [1.807, 2.05) is 0 Å². The lowest BCUT2D eigenvalue weighted by atomic mass is 10.0. The average molecular weight is 450 g/mol. The van der Waals surface area contributed by atoms with E-state index in [4.69, 9.17) is 5.11 Å². The Balaban J connectivity index is 2.00. The number of benzene rings is 2. The van der Waals surface area contributed by atoms with E-state index < -0.39 is 16.0 Å². The van der Waals surface area contributed by atoms with Gasteiger partial charge in [0.15, 0.2) is 11.0 Å². The first kappa shape index (κ1) is 21.4. The molecular weight excluding hydrogens is 434 g/mol. The molecule has 1 heterocycles. The van der Waals surface area contributed by atoms with Gasteiger partial charge in [0.05, 0.1) is 15.6 Å². The zero-order chi connectivity index (χ0) is 21.9. The van der Waals surface area contributed by atoms with Gasteiger partial charge in [-0.05, 0) is 36.4 Å². The number of thioether (sulfide) groups is 1. The smallest absolute Gasteiger partial charge is 0.317 e. The van der Waals surface area contributed by atoms with Crippen LogP contribution >= 0.6 is 11.8 Å². The summed E-state index contributed by atoms with van der Waals surface area (Å²) in [6.45, 7) is 0. The molecule has 3 rings (SSSR count). The lowest BCUT2D eigenvalue weighted by Gasteiger charge is -2.06. The van der Waals surface area contributed by atoms with Crippen LogP contribution in [0.4, 0.5) is 5.69 Å². The lowest BCUT2D eigenvalue weighted by Crippen LogP contribution is -2.18. The van der Waals surface area contributed by atoms with Gasteiger partial charge >= 0.3 is 11.7 Å². The number of carboxylic acids is 1.